The van der Waals surface area contributed by atoms with Crippen LogP contribution in [-0.2, 0) is 0 Å². The molecule has 0 saturated carbocycles. The Labute approximate surface area is 119 Å². The molecule has 0 atom stereocenters. The lowest BCUT2D eigenvalue weighted by molar-refractivity contribution is 0.215. The van der Waals surface area contributed by atoms with Crippen molar-refractivity contribution in [1.82, 2.24) is 4.90 Å². The van der Waals surface area contributed by atoms with Crippen molar-refractivity contribution in [3.8, 4) is 6.07 Å². The number of rotatable bonds is 4. The Morgan fingerprint density at radius 2 is 1.95 bits per heavy atom. The Kier molecular flexibility index (Phi) is 3.84. The number of hydrogen-bond acceptors (Lipinski definition) is 3. The number of nitriles is 1. The molecule has 1 fully saturated rings. The lowest BCUT2D eigenvalue weighted by atomic mass is 9.91. The summed E-state index contributed by atoms with van der Waals surface area (Å²) < 4.78 is 0. The normalized spacial score (nSPS) is 15.6. The molecule has 1 aliphatic rings. The largest absolute Gasteiger partial charge is 0.399 e. The van der Waals surface area contributed by atoms with Gasteiger partial charge in [0.05, 0.1) is 11.5 Å². The average molecular weight is 272 g/mol. The fourth-order valence-electron chi connectivity index (χ4n) is 2.15. The third kappa shape index (κ3) is 3.02. The third-order valence-electron chi connectivity index (χ3n) is 3.61. The molecule has 0 aliphatic carbocycles. The average Bonchev–Trinajstić information content (AvgIpc) is 2.79. The van der Waals surface area contributed by atoms with Gasteiger partial charge in [0.25, 0.3) is 0 Å². The van der Waals surface area contributed by atoms with E-state index in [-0.39, 0.29) is 6.03 Å². The number of nitrogens with two attached hydrogens (primary N) is 1. The molecule has 2 N–H and O–H groups in total. The number of nitrogen functional groups attached to an aromatic ring is 1. The molecule has 2 amide bonds. The van der Waals surface area contributed by atoms with Gasteiger partial charge in [-0.2, -0.15) is 5.26 Å². The zero-order chi connectivity index (χ0) is 14.8. The van der Waals surface area contributed by atoms with E-state index in [0.717, 1.165) is 5.69 Å². The minimum atomic E-state index is -0.394. The van der Waals surface area contributed by atoms with Crippen molar-refractivity contribution in [3.63, 3.8) is 0 Å². The van der Waals surface area contributed by atoms with Crippen molar-refractivity contribution in [1.29, 1.82) is 5.26 Å². The van der Waals surface area contributed by atoms with Crippen molar-refractivity contribution in [3.05, 3.63) is 24.3 Å². The molecule has 0 spiro atoms. The third-order valence-corrected chi connectivity index (χ3v) is 3.61. The quantitative estimate of drug-likeness (QED) is 0.856. The lowest BCUT2D eigenvalue weighted by Gasteiger charge is -2.22. The van der Waals surface area contributed by atoms with Crippen LogP contribution in [0.1, 0.15) is 20.3 Å². The molecule has 20 heavy (non-hydrogen) atoms. The second-order valence-electron chi connectivity index (χ2n) is 5.76. The summed E-state index contributed by atoms with van der Waals surface area (Å²) in [6.45, 7) is 5.78. The summed E-state index contributed by atoms with van der Waals surface area (Å²) in [7, 11) is 0. The number of benzene rings is 1. The molecule has 0 aromatic heterocycles. The summed E-state index contributed by atoms with van der Waals surface area (Å²) in [5.74, 6) is 0. The van der Waals surface area contributed by atoms with Crippen LogP contribution in [-0.4, -0.2) is 30.6 Å². The van der Waals surface area contributed by atoms with E-state index in [4.69, 9.17) is 11.0 Å². The maximum absolute atomic E-state index is 12.3. The Morgan fingerprint density at radius 1 is 1.30 bits per heavy atom. The maximum atomic E-state index is 12.3. The summed E-state index contributed by atoms with van der Waals surface area (Å²) in [4.78, 5) is 15.9. The molecule has 0 unspecified atom stereocenters. The van der Waals surface area contributed by atoms with E-state index >= 15 is 0 Å². The van der Waals surface area contributed by atoms with E-state index < -0.39 is 5.41 Å². The standard InChI is InChI=1S/C15H20N4O/c1-15(2,11-16)7-8-18-9-10-19(14(18)20)13-5-3-12(17)4-6-13/h3-6H,7-10,17H2,1-2H3. The Hall–Kier alpha value is -2.22. The Morgan fingerprint density at radius 3 is 2.55 bits per heavy atom. The van der Waals surface area contributed by atoms with Crippen LogP contribution >= 0.6 is 0 Å². The molecule has 1 aromatic carbocycles. The number of hydrogen-bond donors (Lipinski definition) is 1. The van der Waals surface area contributed by atoms with Gasteiger partial charge < -0.3 is 10.6 Å². The predicted molar refractivity (Wildman–Crippen MR) is 79.2 cm³/mol. The smallest absolute Gasteiger partial charge is 0.324 e. The maximum Gasteiger partial charge on any atom is 0.324 e. The minimum absolute atomic E-state index is 0.00325. The second-order valence-corrected chi connectivity index (χ2v) is 5.76. The molecule has 0 radical (unpaired) electrons. The highest BCUT2D eigenvalue weighted by Gasteiger charge is 2.30. The highest BCUT2D eigenvalue weighted by atomic mass is 16.2. The minimum Gasteiger partial charge on any atom is -0.399 e. The van der Waals surface area contributed by atoms with Gasteiger partial charge in [-0.15, -0.1) is 0 Å². The van der Waals surface area contributed by atoms with Gasteiger partial charge in [0.2, 0.25) is 0 Å². The summed E-state index contributed by atoms with van der Waals surface area (Å²) >= 11 is 0. The van der Waals surface area contributed by atoms with Gasteiger partial charge in [-0.3, -0.25) is 4.90 Å². The molecular formula is C15H20N4O. The number of carbonyl (C=O) groups is 1. The van der Waals surface area contributed by atoms with Gasteiger partial charge in [-0.25, -0.2) is 4.79 Å². The van der Waals surface area contributed by atoms with Crippen LogP contribution in [0.4, 0.5) is 16.2 Å². The number of nitrogens with zero attached hydrogens (tertiary/aromatic N) is 3. The first-order chi connectivity index (χ1) is 9.43. The summed E-state index contributed by atoms with van der Waals surface area (Å²) in [6.07, 6.45) is 0.685. The van der Waals surface area contributed by atoms with E-state index in [2.05, 4.69) is 6.07 Å². The number of urea groups is 1. The molecule has 1 saturated heterocycles. The first-order valence-electron chi connectivity index (χ1n) is 6.76. The molecular weight excluding hydrogens is 252 g/mol. The van der Waals surface area contributed by atoms with Crippen molar-refractivity contribution < 1.29 is 4.79 Å². The molecule has 2 rings (SSSR count). The predicted octanol–water partition coefficient (Wildman–Crippen LogP) is 2.45. The molecule has 5 nitrogen and oxygen atoms in total. The van der Waals surface area contributed by atoms with Gasteiger partial charge in [0.1, 0.15) is 0 Å². The summed E-state index contributed by atoms with van der Waals surface area (Å²) in [5.41, 5.74) is 6.81. The molecule has 106 valence electrons. The topological polar surface area (TPSA) is 73.4 Å². The lowest BCUT2D eigenvalue weighted by Crippen LogP contribution is -2.33. The van der Waals surface area contributed by atoms with Gasteiger partial charge >= 0.3 is 6.03 Å². The van der Waals surface area contributed by atoms with Gasteiger partial charge in [0, 0.05) is 31.0 Å². The zero-order valence-electron chi connectivity index (χ0n) is 12.0. The summed E-state index contributed by atoms with van der Waals surface area (Å²) in [6, 6.07) is 9.57. The molecule has 1 aromatic rings. The first kappa shape index (κ1) is 14.2. The first-order valence-corrected chi connectivity index (χ1v) is 6.76. The van der Waals surface area contributed by atoms with E-state index in [1.165, 1.54) is 0 Å². The van der Waals surface area contributed by atoms with Crippen molar-refractivity contribution in [2.45, 2.75) is 20.3 Å². The van der Waals surface area contributed by atoms with Crippen molar-refractivity contribution >= 4 is 17.4 Å². The van der Waals surface area contributed by atoms with Crippen LogP contribution in [0, 0.1) is 16.7 Å². The van der Waals surface area contributed by atoms with E-state index in [9.17, 15) is 4.79 Å². The van der Waals surface area contributed by atoms with Gasteiger partial charge in [-0.1, -0.05) is 0 Å². The van der Waals surface area contributed by atoms with Crippen LogP contribution in [0.3, 0.4) is 0 Å². The van der Waals surface area contributed by atoms with Gasteiger partial charge in [-0.05, 0) is 44.5 Å². The molecule has 1 aliphatic heterocycles. The van der Waals surface area contributed by atoms with E-state index in [1.54, 1.807) is 21.9 Å². The number of amides is 2. The van der Waals surface area contributed by atoms with E-state index in [0.29, 0.717) is 31.7 Å². The highest BCUT2D eigenvalue weighted by Crippen LogP contribution is 2.24. The van der Waals surface area contributed by atoms with Crippen LogP contribution in [0.15, 0.2) is 24.3 Å². The van der Waals surface area contributed by atoms with Crippen LogP contribution in [0.5, 0.6) is 0 Å². The summed E-state index contributed by atoms with van der Waals surface area (Å²) in [5, 5.41) is 9.01. The monoisotopic (exact) mass is 272 g/mol. The highest BCUT2D eigenvalue weighted by molar-refractivity contribution is 5.94. The Bertz CT molecular complexity index is 530. The van der Waals surface area contributed by atoms with Crippen LogP contribution in [0.2, 0.25) is 0 Å². The number of carbonyl (C=O) groups excluding carboxylic acids is 1. The molecule has 1 heterocycles. The van der Waals surface area contributed by atoms with Gasteiger partial charge in [0.15, 0.2) is 0 Å². The fraction of sp³-hybridized carbons (Fsp3) is 0.467. The molecule has 5 heteroatoms. The van der Waals surface area contributed by atoms with Crippen LogP contribution < -0.4 is 10.6 Å². The van der Waals surface area contributed by atoms with Crippen molar-refractivity contribution in [2.75, 3.05) is 30.3 Å². The van der Waals surface area contributed by atoms with Crippen molar-refractivity contribution in [2.24, 2.45) is 5.41 Å². The second kappa shape index (κ2) is 5.41. The Balaban J connectivity index is 1.99. The van der Waals surface area contributed by atoms with Crippen LogP contribution in [0.25, 0.3) is 0 Å². The fourth-order valence-corrected chi connectivity index (χ4v) is 2.15. The van der Waals surface area contributed by atoms with E-state index in [1.807, 2.05) is 26.0 Å². The molecule has 0 bridgehead atoms. The number of anilines is 2. The zero-order valence-corrected chi connectivity index (χ0v) is 12.0. The SMILES string of the molecule is CC(C)(C#N)CCN1CCN(c2ccc(N)cc2)C1=O.